The summed E-state index contributed by atoms with van der Waals surface area (Å²) in [6.07, 6.45) is 2.61. The molecule has 4 rings (SSSR count). The number of amides is 1. The molecule has 1 unspecified atom stereocenters. The lowest BCUT2D eigenvalue weighted by Gasteiger charge is -2.35. The van der Waals surface area contributed by atoms with Gasteiger partial charge in [0.05, 0.1) is 26.8 Å². The van der Waals surface area contributed by atoms with Crippen LogP contribution in [0.3, 0.4) is 0 Å². The molecule has 3 aromatic rings. The fourth-order valence-electron chi connectivity index (χ4n) is 2.83. The number of carbonyl (C=O) groups excluding carboxylic acids is 1. The van der Waals surface area contributed by atoms with Crippen molar-refractivity contribution < 1.29 is 17.6 Å². The van der Waals surface area contributed by atoms with Crippen LogP contribution in [0.25, 0.3) is 10.6 Å². The van der Waals surface area contributed by atoms with E-state index >= 15 is 0 Å². The molecule has 140 valence electrons. The summed E-state index contributed by atoms with van der Waals surface area (Å²) in [6.45, 7) is 1.51. The van der Waals surface area contributed by atoms with Gasteiger partial charge in [0.1, 0.15) is 10.9 Å². The Labute approximate surface area is 168 Å². The number of carbonyl (C=O) groups is 1. The van der Waals surface area contributed by atoms with Crippen LogP contribution in [-0.4, -0.2) is 25.4 Å². The molecule has 1 N–H and O–H groups in total. The molecule has 11 heteroatoms. The third-order valence-electron chi connectivity index (χ3n) is 4.05. The van der Waals surface area contributed by atoms with Crippen molar-refractivity contribution in [3.05, 3.63) is 46.2 Å². The quantitative estimate of drug-likeness (QED) is 0.652. The number of benzene rings is 1. The molecule has 0 saturated carbocycles. The summed E-state index contributed by atoms with van der Waals surface area (Å²) in [6, 6.07) is 4.98. The second-order valence-electron chi connectivity index (χ2n) is 5.74. The van der Waals surface area contributed by atoms with Crippen LogP contribution < -0.4 is 9.62 Å². The molecule has 0 fully saturated rings. The lowest BCUT2D eigenvalue weighted by atomic mass is 10.1. The van der Waals surface area contributed by atoms with E-state index in [9.17, 15) is 13.2 Å². The maximum atomic E-state index is 13.5. The molecule has 27 heavy (non-hydrogen) atoms. The minimum atomic E-state index is -4.14. The van der Waals surface area contributed by atoms with Gasteiger partial charge in [0.2, 0.25) is 5.91 Å². The number of aromatic nitrogens is 1. The van der Waals surface area contributed by atoms with E-state index in [4.69, 9.17) is 27.6 Å². The third kappa shape index (κ3) is 3.00. The van der Waals surface area contributed by atoms with Crippen LogP contribution in [0.5, 0.6) is 0 Å². The van der Waals surface area contributed by atoms with Gasteiger partial charge in [0.15, 0.2) is 12.2 Å². The van der Waals surface area contributed by atoms with Crippen LogP contribution in [0.4, 0.5) is 11.4 Å². The van der Waals surface area contributed by atoms with Crippen LogP contribution in [0, 0.1) is 0 Å². The molecule has 2 aromatic heterocycles. The monoisotopic (exact) mass is 443 g/mol. The molecule has 3 heterocycles. The summed E-state index contributed by atoms with van der Waals surface area (Å²) in [4.78, 5) is 16.4. The predicted molar refractivity (Wildman–Crippen MR) is 104 cm³/mol. The molecule has 1 aromatic carbocycles. The summed E-state index contributed by atoms with van der Waals surface area (Å²) < 4.78 is 33.6. The summed E-state index contributed by atoms with van der Waals surface area (Å²) in [7, 11) is -4.14. The lowest BCUT2D eigenvalue weighted by molar-refractivity contribution is -0.117. The molecule has 0 bridgehead atoms. The summed E-state index contributed by atoms with van der Waals surface area (Å²) in [5, 5.41) is 3.05. The molecule has 0 spiro atoms. The van der Waals surface area contributed by atoms with Crippen LogP contribution in [0.1, 0.15) is 6.92 Å². The van der Waals surface area contributed by atoms with Gasteiger partial charge in [0.25, 0.3) is 10.0 Å². The van der Waals surface area contributed by atoms with Crippen molar-refractivity contribution in [3.63, 3.8) is 0 Å². The molecule has 7 nitrogen and oxygen atoms in total. The van der Waals surface area contributed by atoms with Gasteiger partial charge in [-0.1, -0.05) is 23.2 Å². The van der Waals surface area contributed by atoms with Crippen molar-refractivity contribution in [2.45, 2.75) is 17.9 Å². The van der Waals surface area contributed by atoms with Gasteiger partial charge in [-0.3, -0.25) is 9.10 Å². The smallest absolute Gasteiger partial charge is 0.266 e. The number of nitrogens with zero attached hydrogens (tertiary/aromatic N) is 2. The van der Waals surface area contributed by atoms with E-state index < -0.39 is 22.0 Å². The third-order valence-corrected chi connectivity index (χ3v) is 7.60. The second kappa shape index (κ2) is 6.52. The van der Waals surface area contributed by atoms with E-state index in [1.165, 1.54) is 31.6 Å². The standard InChI is InChI=1S/C16H11Cl2N3O4S2/c1-8-16(22)20-10-4-9(17)2-3-11(10)21(8)27(23,24)13-5-14(18)26-15(13)12-6-19-7-25-12/h2-8H,1H3,(H,20,22). The first-order valence-electron chi connectivity index (χ1n) is 7.62. The molecule has 0 radical (unpaired) electrons. The van der Waals surface area contributed by atoms with Gasteiger partial charge in [0, 0.05) is 5.02 Å². The highest BCUT2D eigenvalue weighted by atomic mass is 35.5. The number of anilines is 2. The number of hydrogen-bond acceptors (Lipinski definition) is 6. The van der Waals surface area contributed by atoms with Crippen LogP contribution >= 0.6 is 34.5 Å². The maximum Gasteiger partial charge on any atom is 0.266 e. The largest absolute Gasteiger partial charge is 0.443 e. The highest BCUT2D eigenvalue weighted by molar-refractivity contribution is 7.93. The van der Waals surface area contributed by atoms with Crippen molar-refractivity contribution >= 4 is 61.8 Å². The zero-order chi connectivity index (χ0) is 19.3. The maximum absolute atomic E-state index is 13.5. The molecular formula is C16H11Cl2N3O4S2. The minimum absolute atomic E-state index is 0.0586. The van der Waals surface area contributed by atoms with Gasteiger partial charge >= 0.3 is 0 Å². The first kappa shape index (κ1) is 18.3. The highest BCUT2D eigenvalue weighted by Crippen LogP contribution is 2.43. The zero-order valence-electron chi connectivity index (χ0n) is 13.6. The summed E-state index contributed by atoms with van der Waals surface area (Å²) in [5.74, 6) is -0.188. The number of hydrogen-bond donors (Lipinski definition) is 1. The average Bonchev–Trinajstić information content (AvgIpc) is 3.25. The van der Waals surface area contributed by atoms with E-state index in [1.807, 2.05) is 0 Å². The normalized spacial score (nSPS) is 16.9. The Morgan fingerprint density at radius 2 is 2.07 bits per heavy atom. The Kier molecular flexibility index (Phi) is 4.42. The Bertz CT molecular complexity index is 1140. The first-order chi connectivity index (χ1) is 12.8. The first-order valence-corrected chi connectivity index (χ1v) is 10.6. The molecule has 1 amide bonds. The lowest BCUT2D eigenvalue weighted by Crippen LogP contribution is -2.49. The van der Waals surface area contributed by atoms with Gasteiger partial charge in [-0.05, 0) is 31.2 Å². The van der Waals surface area contributed by atoms with Gasteiger partial charge < -0.3 is 9.73 Å². The topological polar surface area (TPSA) is 92.5 Å². The van der Waals surface area contributed by atoms with Crippen molar-refractivity contribution in [2.24, 2.45) is 0 Å². The molecule has 0 aliphatic carbocycles. The average molecular weight is 444 g/mol. The van der Waals surface area contributed by atoms with E-state index in [1.54, 1.807) is 12.1 Å². The predicted octanol–water partition coefficient (Wildman–Crippen LogP) is 4.25. The molecular weight excluding hydrogens is 433 g/mol. The van der Waals surface area contributed by atoms with Gasteiger partial charge in [-0.25, -0.2) is 13.4 Å². The number of oxazole rings is 1. The fraction of sp³-hybridized carbons (Fsp3) is 0.125. The Balaban J connectivity index is 1.92. The number of nitrogens with one attached hydrogen (secondary N) is 1. The Morgan fingerprint density at radius 3 is 2.78 bits per heavy atom. The fourth-order valence-corrected chi connectivity index (χ4v) is 6.40. The Hall–Kier alpha value is -2.07. The van der Waals surface area contributed by atoms with Crippen molar-refractivity contribution in [3.8, 4) is 10.6 Å². The molecule has 1 atom stereocenters. The van der Waals surface area contributed by atoms with Crippen molar-refractivity contribution in [2.75, 3.05) is 9.62 Å². The molecule has 1 aliphatic rings. The summed E-state index contributed by atoms with van der Waals surface area (Å²) >= 11 is 13.1. The minimum Gasteiger partial charge on any atom is -0.443 e. The SMILES string of the molecule is CC1C(=O)Nc2cc(Cl)ccc2N1S(=O)(=O)c1cc(Cl)sc1-c1cnco1. The van der Waals surface area contributed by atoms with E-state index in [-0.39, 0.29) is 15.0 Å². The highest BCUT2D eigenvalue weighted by Gasteiger charge is 2.40. The number of rotatable bonds is 3. The number of sulfonamides is 1. The van der Waals surface area contributed by atoms with Crippen LogP contribution in [0.2, 0.25) is 9.36 Å². The Morgan fingerprint density at radius 1 is 1.30 bits per heavy atom. The van der Waals surface area contributed by atoms with E-state index in [0.29, 0.717) is 21.3 Å². The number of halogens is 2. The van der Waals surface area contributed by atoms with Gasteiger partial charge in [-0.2, -0.15) is 0 Å². The van der Waals surface area contributed by atoms with E-state index in [2.05, 4.69) is 10.3 Å². The van der Waals surface area contributed by atoms with Crippen molar-refractivity contribution in [1.82, 2.24) is 4.98 Å². The van der Waals surface area contributed by atoms with Crippen LogP contribution in [0.15, 0.2) is 46.2 Å². The second-order valence-corrected chi connectivity index (χ2v) is 9.64. The molecule has 0 saturated heterocycles. The van der Waals surface area contributed by atoms with Crippen molar-refractivity contribution in [1.29, 1.82) is 0 Å². The van der Waals surface area contributed by atoms with E-state index in [0.717, 1.165) is 15.6 Å². The van der Waals surface area contributed by atoms with Crippen LogP contribution in [-0.2, 0) is 14.8 Å². The zero-order valence-corrected chi connectivity index (χ0v) is 16.8. The summed E-state index contributed by atoms with van der Waals surface area (Å²) in [5.41, 5.74) is 0.633. The molecule has 1 aliphatic heterocycles. The number of fused-ring (bicyclic) bond motifs is 1. The number of thiophene rings is 1. The van der Waals surface area contributed by atoms with Gasteiger partial charge in [-0.15, -0.1) is 11.3 Å².